The van der Waals surface area contributed by atoms with Crippen LogP contribution in [-0.4, -0.2) is 28.8 Å². The van der Waals surface area contributed by atoms with Gasteiger partial charge in [0.2, 0.25) is 5.90 Å². The van der Waals surface area contributed by atoms with Gasteiger partial charge in [0.1, 0.15) is 5.75 Å². The van der Waals surface area contributed by atoms with Gasteiger partial charge in [-0.25, -0.2) is 8.78 Å². The lowest BCUT2D eigenvalue weighted by atomic mass is 10.1. The second-order valence-electron chi connectivity index (χ2n) is 6.07. The number of ether oxygens (including phenoxy) is 1. The lowest BCUT2D eigenvalue weighted by molar-refractivity contribution is 0.0216. The molecule has 0 aromatic carbocycles. The zero-order valence-corrected chi connectivity index (χ0v) is 15.8. The van der Waals surface area contributed by atoms with Gasteiger partial charge in [-0.3, -0.25) is 15.0 Å². The Morgan fingerprint density at radius 2 is 2.07 bits per heavy atom. The first-order valence-electron chi connectivity index (χ1n) is 8.34. The van der Waals surface area contributed by atoms with E-state index in [0.717, 1.165) is 18.1 Å². The Bertz CT molecular complexity index is 902. The van der Waals surface area contributed by atoms with Crippen LogP contribution in [0.3, 0.4) is 0 Å². The molecule has 0 saturated carbocycles. The summed E-state index contributed by atoms with van der Waals surface area (Å²) in [6, 6.07) is 5.07. The van der Waals surface area contributed by atoms with Crippen LogP contribution in [0.25, 0.3) is 5.57 Å². The standard InChI is InChI=1S/C21H21F2N3O/c1-5-6-7-19(16-10-15(2)12-25-13-16)20(24-4)27-18-9-8-17(26-14-18)11-21(3,22)23/h7-10,12-14H,11H2,1-4H3/b19-7-,24-20?. The van der Waals surface area contributed by atoms with Crippen LogP contribution in [0.15, 0.2) is 47.9 Å². The molecule has 0 unspecified atom stereocenters. The van der Waals surface area contributed by atoms with E-state index in [4.69, 9.17) is 4.74 Å². The topological polar surface area (TPSA) is 47.4 Å². The number of aromatic nitrogens is 2. The molecule has 0 aliphatic rings. The maximum atomic E-state index is 13.1. The van der Waals surface area contributed by atoms with Crippen molar-refractivity contribution in [2.45, 2.75) is 33.1 Å². The smallest absolute Gasteiger partial charge is 0.250 e. The number of rotatable bonds is 5. The number of halogens is 2. The van der Waals surface area contributed by atoms with E-state index in [-0.39, 0.29) is 0 Å². The first-order chi connectivity index (χ1) is 12.8. The Morgan fingerprint density at radius 3 is 2.63 bits per heavy atom. The molecule has 0 bridgehead atoms. The average molecular weight is 369 g/mol. The lowest BCUT2D eigenvalue weighted by Gasteiger charge is -2.13. The summed E-state index contributed by atoms with van der Waals surface area (Å²) in [6.07, 6.45) is 6.15. The first-order valence-corrected chi connectivity index (χ1v) is 8.34. The molecule has 2 aromatic rings. The predicted molar refractivity (Wildman–Crippen MR) is 103 cm³/mol. The number of alkyl halides is 2. The van der Waals surface area contributed by atoms with Crippen LogP contribution >= 0.6 is 0 Å². The summed E-state index contributed by atoms with van der Waals surface area (Å²) >= 11 is 0. The third-order valence-electron chi connectivity index (χ3n) is 3.48. The Labute approximate surface area is 158 Å². The van der Waals surface area contributed by atoms with Gasteiger partial charge in [0.05, 0.1) is 18.2 Å². The molecule has 0 saturated heterocycles. The lowest BCUT2D eigenvalue weighted by Crippen LogP contribution is -2.15. The Morgan fingerprint density at radius 1 is 1.30 bits per heavy atom. The Hall–Kier alpha value is -3.07. The Kier molecular flexibility index (Phi) is 6.78. The minimum atomic E-state index is -2.81. The monoisotopic (exact) mass is 369 g/mol. The second-order valence-corrected chi connectivity index (χ2v) is 6.07. The van der Waals surface area contributed by atoms with Gasteiger partial charge < -0.3 is 4.74 Å². The summed E-state index contributed by atoms with van der Waals surface area (Å²) in [4.78, 5) is 12.4. The molecule has 2 aromatic heterocycles. The SMILES string of the molecule is CC#C/C=C(\C(=NC)Oc1ccc(CC(C)(F)F)nc1)c1cncc(C)c1. The molecule has 0 N–H and O–H groups in total. The van der Waals surface area contributed by atoms with E-state index in [1.807, 2.05) is 13.0 Å². The van der Waals surface area contributed by atoms with Crippen molar-refractivity contribution in [1.29, 1.82) is 0 Å². The third kappa shape index (κ3) is 6.30. The third-order valence-corrected chi connectivity index (χ3v) is 3.48. The number of aliphatic imine (C=N–C) groups is 1. The van der Waals surface area contributed by atoms with Crippen LogP contribution in [0.4, 0.5) is 8.78 Å². The van der Waals surface area contributed by atoms with Gasteiger partial charge in [0.15, 0.2) is 0 Å². The molecule has 0 amide bonds. The quantitative estimate of drug-likeness (QED) is 0.443. The van der Waals surface area contributed by atoms with Crippen molar-refractivity contribution in [3.8, 4) is 17.6 Å². The molecule has 4 nitrogen and oxygen atoms in total. The van der Waals surface area contributed by atoms with E-state index < -0.39 is 12.3 Å². The molecule has 2 heterocycles. The van der Waals surface area contributed by atoms with Gasteiger partial charge in [-0.15, -0.1) is 5.92 Å². The van der Waals surface area contributed by atoms with Gasteiger partial charge in [-0.05, 0) is 44.5 Å². The van der Waals surface area contributed by atoms with Crippen LogP contribution in [0.1, 0.15) is 30.7 Å². The zero-order chi connectivity index (χ0) is 19.9. The minimum Gasteiger partial charge on any atom is -0.437 e. The summed E-state index contributed by atoms with van der Waals surface area (Å²) < 4.78 is 32.0. The molecular formula is C21H21F2N3O. The van der Waals surface area contributed by atoms with Crippen molar-refractivity contribution in [2.75, 3.05) is 7.05 Å². The van der Waals surface area contributed by atoms with E-state index in [9.17, 15) is 8.78 Å². The molecule has 2 rings (SSSR count). The molecule has 0 aliphatic carbocycles. The fraction of sp³-hybridized carbons (Fsp3) is 0.286. The number of aryl methyl sites for hydroxylation is 1. The van der Waals surface area contributed by atoms with Crippen molar-refractivity contribution < 1.29 is 13.5 Å². The highest BCUT2D eigenvalue weighted by Gasteiger charge is 2.22. The van der Waals surface area contributed by atoms with E-state index in [1.165, 1.54) is 12.3 Å². The van der Waals surface area contributed by atoms with Gasteiger partial charge in [-0.2, -0.15) is 0 Å². The van der Waals surface area contributed by atoms with Gasteiger partial charge >= 0.3 is 0 Å². The highest BCUT2D eigenvalue weighted by molar-refractivity contribution is 6.20. The van der Waals surface area contributed by atoms with Crippen molar-refractivity contribution in [3.63, 3.8) is 0 Å². The molecule has 0 aliphatic heterocycles. The maximum absolute atomic E-state index is 13.1. The second kappa shape index (κ2) is 9.04. The number of pyridine rings is 2. The van der Waals surface area contributed by atoms with Crippen LogP contribution in [0.2, 0.25) is 0 Å². The normalized spacial score (nSPS) is 12.4. The minimum absolute atomic E-state index is 0.292. The number of allylic oxidation sites excluding steroid dienone is 1. The first kappa shape index (κ1) is 20.2. The summed E-state index contributed by atoms with van der Waals surface area (Å²) in [7, 11) is 1.60. The van der Waals surface area contributed by atoms with Crippen LogP contribution in [0, 0.1) is 18.8 Å². The van der Waals surface area contributed by atoms with E-state index in [1.54, 1.807) is 38.5 Å². The molecule has 0 atom stereocenters. The summed E-state index contributed by atoms with van der Waals surface area (Å²) in [6.45, 7) is 4.54. The number of hydrogen-bond acceptors (Lipinski definition) is 4. The van der Waals surface area contributed by atoms with Gasteiger partial charge in [0, 0.05) is 36.8 Å². The predicted octanol–water partition coefficient (Wildman–Crippen LogP) is 4.50. The molecule has 0 spiro atoms. The van der Waals surface area contributed by atoms with Crippen LogP contribution in [0.5, 0.6) is 5.75 Å². The highest BCUT2D eigenvalue weighted by Crippen LogP contribution is 2.22. The van der Waals surface area contributed by atoms with Gasteiger partial charge in [0.25, 0.3) is 5.92 Å². The molecule has 6 heteroatoms. The van der Waals surface area contributed by atoms with Gasteiger partial charge in [-0.1, -0.05) is 5.92 Å². The summed E-state index contributed by atoms with van der Waals surface area (Å²) in [5.41, 5.74) is 2.77. The van der Waals surface area contributed by atoms with Crippen molar-refractivity contribution in [3.05, 3.63) is 59.7 Å². The number of hydrogen-bond donors (Lipinski definition) is 0. The largest absolute Gasteiger partial charge is 0.437 e. The average Bonchev–Trinajstić information content (AvgIpc) is 2.61. The molecule has 140 valence electrons. The van der Waals surface area contributed by atoms with E-state index >= 15 is 0 Å². The van der Waals surface area contributed by atoms with E-state index in [0.29, 0.717) is 22.9 Å². The fourth-order valence-corrected chi connectivity index (χ4v) is 2.34. The number of nitrogens with zero attached hydrogens (tertiary/aromatic N) is 3. The summed E-state index contributed by atoms with van der Waals surface area (Å²) in [5.74, 6) is 3.64. The highest BCUT2D eigenvalue weighted by atomic mass is 19.3. The van der Waals surface area contributed by atoms with Crippen LogP contribution < -0.4 is 4.74 Å². The molecule has 0 fully saturated rings. The maximum Gasteiger partial charge on any atom is 0.250 e. The van der Waals surface area contributed by atoms with Crippen molar-refractivity contribution in [1.82, 2.24) is 9.97 Å². The van der Waals surface area contributed by atoms with Crippen LogP contribution in [-0.2, 0) is 6.42 Å². The zero-order valence-electron chi connectivity index (χ0n) is 15.8. The molecular weight excluding hydrogens is 348 g/mol. The summed E-state index contributed by atoms with van der Waals surface area (Å²) in [5, 5.41) is 0. The van der Waals surface area contributed by atoms with E-state index in [2.05, 4.69) is 26.8 Å². The molecule has 0 radical (unpaired) electrons. The Balaban J connectivity index is 2.29. The molecule has 27 heavy (non-hydrogen) atoms. The van der Waals surface area contributed by atoms with Crippen molar-refractivity contribution >= 4 is 11.5 Å². The fourth-order valence-electron chi connectivity index (χ4n) is 2.34. The van der Waals surface area contributed by atoms with Crippen molar-refractivity contribution in [2.24, 2.45) is 4.99 Å².